The molecule has 2 heterocycles. The third-order valence-corrected chi connectivity index (χ3v) is 2.41. The van der Waals surface area contributed by atoms with E-state index in [9.17, 15) is 0 Å². The summed E-state index contributed by atoms with van der Waals surface area (Å²) in [6.45, 7) is 2.46. The van der Waals surface area contributed by atoms with Crippen LogP contribution >= 0.6 is 15.9 Å². The van der Waals surface area contributed by atoms with Crippen LogP contribution in [-0.4, -0.2) is 25.1 Å². The molecule has 0 saturated heterocycles. The Kier molecular flexibility index (Phi) is 3.10. The zero-order chi connectivity index (χ0) is 10.7. The van der Waals surface area contributed by atoms with Crippen LogP contribution in [0.4, 0.5) is 0 Å². The fraction of sp³-hybridized carbons (Fsp3) is 0.500. The van der Waals surface area contributed by atoms with Gasteiger partial charge in [-0.15, -0.1) is 5.10 Å². The molecular formula is C8H10BrN5O. The monoisotopic (exact) mass is 271 g/mol. The van der Waals surface area contributed by atoms with Crippen LogP contribution in [0.15, 0.2) is 10.7 Å². The molecule has 0 atom stereocenters. The summed E-state index contributed by atoms with van der Waals surface area (Å²) in [5.41, 5.74) is 0.884. The van der Waals surface area contributed by atoms with Crippen LogP contribution in [0.3, 0.4) is 0 Å². The molecule has 0 aliphatic heterocycles. The first-order valence-corrected chi connectivity index (χ1v) is 5.70. The fourth-order valence-corrected chi connectivity index (χ4v) is 1.38. The van der Waals surface area contributed by atoms with E-state index in [1.807, 2.05) is 13.1 Å². The van der Waals surface area contributed by atoms with Gasteiger partial charge in [0.05, 0.1) is 5.69 Å². The molecule has 0 radical (unpaired) electrons. The van der Waals surface area contributed by atoms with Crippen LogP contribution < -0.4 is 0 Å². The zero-order valence-corrected chi connectivity index (χ0v) is 9.81. The molecule has 2 rings (SSSR count). The maximum Gasteiger partial charge on any atom is 0.226 e. The van der Waals surface area contributed by atoms with E-state index in [1.165, 1.54) is 0 Å². The van der Waals surface area contributed by atoms with Gasteiger partial charge in [0.15, 0.2) is 5.82 Å². The predicted molar refractivity (Wildman–Crippen MR) is 55.4 cm³/mol. The van der Waals surface area contributed by atoms with E-state index in [0.29, 0.717) is 23.6 Å². The van der Waals surface area contributed by atoms with Gasteiger partial charge in [-0.2, -0.15) is 4.98 Å². The first-order chi connectivity index (χ1) is 7.31. The summed E-state index contributed by atoms with van der Waals surface area (Å²) >= 11 is 3.31. The Morgan fingerprint density at radius 2 is 2.40 bits per heavy atom. The lowest BCUT2D eigenvalue weighted by molar-refractivity contribution is 0.374. The van der Waals surface area contributed by atoms with E-state index in [0.717, 1.165) is 12.1 Å². The van der Waals surface area contributed by atoms with Crippen LogP contribution in [0.2, 0.25) is 0 Å². The molecule has 0 aromatic carbocycles. The average Bonchev–Trinajstić information content (AvgIpc) is 2.87. The average molecular weight is 272 g/mol. The molecule has 0 saturated carbocycles. The van der Waals surface area contributed by atoms with Crippen molar-refractivity contribution in [3.05, 3.63) is 23.6 Å². The molecule has 15 heavy (non-hydrogen) atoms. The maximum atomic E-state index is 4.99. The normalized spacial score (nSPS) is 10.8. The number of aryl methyl sites for hydroxylation is 1. The standard InChI is InChI=1S/C8H10BrN5O/c1-2-8-10-7(12-15-8)5-14-4-6(3-9)11-13-14/h4H,2-3,5H2,1H3. The summed E-state index contributed by atoms with van der Waals surface area (Å²) in [4.78, 5) is 4.18. The highest BCUT2D eigenvalue weighted by molar-refractivity contribution is 9.08. The van der Waals surface area contributed by atoms with Gasteiger partial charge in [0, 0.05) is 17.9 Å². The van der Waals surface area contributed by atoms with Gasteiger partial charge >= 0.3 is 0 Å². The van der Waals surface area contributed by atoms with Crippen molar-refractivity contribution in [1.29, 1.82) is 0 Å². The molecule has 6 nitrogen and oxygen atoms in total. The number of nitrogens with zero attached hydrogens (tertiary/aromatic N) is 5. The lowest BCUT2D eigenvalue weighted by Gasteiger charge is -1.91. The molecule has 0 spiro atoms. The Bertz CT molecular complexity index is 397. The van der Waals surface area contributed by atoms with Gasteiger partial charge in [0.1, 0.15) is 6.54 Å². The lowest BCUT2D eigenvalue weighted by atomic mass is 10.5. The van der Waals surface area contributed by atoms with Crippen LogP contribution in [-0.2, 0) is 18.3 Å². The van der Waals surface area contributed by atoms with E-state index >= 15 is 0 Å². The number of hydrogen-bond donors (Lipinski definition) is 0. The summed E-state index contributed by atoms with van der Waals surface area (Å²) in [5, 5.41) is 12.4. The third kappa shape index (κ3) is 2.41. The first-order valence-electron chi connectivity index (χ1n) is 4.58. The van der Waals surface area contributed by atoms with Gasteiger partial charge in [-0.1, -0.05) is 33.2 Å². The van der Waals surface area contributed by atoms with E-state index < -0.39 is 0 Å². The van der Waals surface area contributed by atoms with E-state index in [2.05, 4.69) is 36.4 Å². The van der Waals surface area contributed by atoms with Gasteiger partial charge in [0.25, 0.3) is 0 Å². The van der Waals surface area contributed by atoms with Crippen molar-refractivity contribution >= 4 is 15.9 Å². The fourth-order valence-electron chi connectivity index (χ4n) is 1.12. The molecule has 0 amide bonds. The lowest BCUT2D eigenvalue weighted by Crippen LogP contribution is -2.02. The highest BCUT2D eigenvalue weighted by Crippen LogP contribution is 2.03. The number of rotatable bonds is 4. The quantitative estimate of drug-likeness (QED) is 0.781. The second-order valence-electron chi connectivity index (χ2n) is 3.00. The number of hydrogen-bond acceptors (Lipinski definition) is 5. The smallest absolute Gasteiger partial charge is 0.226 e. The summed E-state index contributed by atoms with van der Waals surface area (Å²) in [7, 11) is 0. The second-order valence-corrected chi connectivity index (χ2v) is 3.56. The minimum absolute atomic E-state index is 0.490. The molecule has 80 valence electrons. The summed E-state index contributed by atoms with van der Waals surface area (Å²) in [6, 6.07) is 0. The van der Waals surface area contributed by atoms with Gasteiger partial charge < -0.3 is 4.52 Å². The number of alkyl halides is 1. The summed E-state index contributed by atoms with van der Waals surface area (Å²) in [6.07, 6.45) is 2.59. The molecule has 2 aromatic heterocycles. The second kappa shape index (κ2) is 4.52. The largest absolute Gasteiger partial charge is 0.339 e. The Balaban J connectivity index is 2.07. The number of aromatic nitrogens is 5. The molecular weight excluding hydrogens is 262 g/mol. The maximum absolute atomic E-state index is 4.99. The van der Waals surface area contributed by atoms with Crippen molar-refractivity contribution in [2.24, 2.45) is 0 Å². The molecule has 7 heteroatoms. The van der Waals surface area contributed by atoms with Crippen LogP contribution in [0.1, 0.15) is 24.3 Å². The molecule has 0 aliphatic carbocycles. The minimum atomic E-state index is 0.490. The zero-order valence-electron chi connectivity index (χ0n) is 8.22. The molecule has 0 aliphatic rings. The van der Waals surface area contributed by atoms with Crippen molar-refractivity contribution < 1.29 is 4.52 Å². The van der Waals surface area contributed by atoms with Crippen molar-refractivity contribution in [1.82, 2.24) is 25.1 Å². The van der Waals surface area contributed by atoms with Crippen molar-refractivity contribution in [3.8, 4) is 0 Å². The van der Waals surface area contributed by atoms with Crippen LogP contribution in [0.5, 0.6) is 0 Å². The van der Waals surface area contributed by atoms with E-state index in [-0.39, 0.29) is 0 Å². The Labute approximate surface area is 94.8 Å². The van der Waals surface area contributed by atoms with Crippen LogP contribution in [0.25, 0.3) is 0 Å². The molecule has 0 bridgehead atoms. The van der Waals surface area contributed by atoms with Gasteiger partial charge in [0.2, 0.25) is 5.89 Å². The van der Waals surface area contributed by atoms with Crippen molar-refractivity contribution in [2.75, 3.05) is 0 Å². The highest BCUT2D eigenvalue weighted by Gasteiger charge is 2.06. The van der Waals surface area contributed by atoms with Crippen molar-refractivity contribution in [3.63, 3.8) is 0 Å². The van der Waals surface area contributed by atoms with Crippen LogP contribution in [0, 0.1) is 0 Å². The van der Waals surface area contributed by atoms with Crippen molar-refractivity contribution in [2.45, 2.75) is 25.2 Å². The highest BCUT2D eigenvalue weighted by atomic mass is 79.9. The molecule has 2 aromatic rings. The molecule has 0 fully saturated rings. The van der Waals surface area contributed by atoms with Gasteiger partial charge in [-0.3, -0.25) is 0 Å². The topological polar surface area (TPSA) is 69.6 Å². The minimum Gasteiger partial charge on any atom is -0.339 e. The van der Waals surface area contributed by atoms with E-state index in [4.69, 9.17) is 4.52 Å². The Hall–Kier alpha value is -1.24. The predicted octanol–water partition coefficient (Wildman–Crippen LogP) is 1.17. The third-order valence-electron chi connectivity index (χ3n) is 1.84. The van der Waals surface area contributed by atoms with E-state index in [1.54, 1.807) is 4.68 Å². The number of halogens is 1. The SMILES string of the molecule is CCc1nc(Cn2cc(CBr)nn2)no1. The Morgan fingerprint density at radius 3 is 3.00 bits per heavy atom. The first kappa shape index (κ1) is 10.3. The molecule has 0 N–H and O–H groups in total. The summed E-state index contributed by atoms with van der Waals surface area (Å²) < 4.78 is 6.67. The van der Waals surface area contributed by atoms with Gasteiger partial charge in [-0.25, -0.2) is 4.68 Å². The Morgan fingerprint density at radius 1 is 1.53 bits per heavy atom. The molecule has 0 unspecified atom stereocenters. The summed E-state index contributed by atoms with van der Waals surface area (Å²) in [5.74, 6) is 1.27. The van der Waals surface area contributed by atoms with Gasteiger partial charge in [-0.05, 0) is 0 Å².